The largest absolute Gasteiger partial charge is 0.315 e. The molecule has 140 valence electrons. The number of carbonyl (C=O) groups is 2. The Morgan fingerprint density at radius 1 is 1.30 bits per heavy atom. The Bertz CT molecular complexity index is 938. The van der Waals surface area contributed by atoms with Gasteiger partial charge in [0.2, 0.25) is 5.91 Å². The van der Waals surface area contributed by atoms with Crippen LogP contribution in [0.1, 0.15) is 24.5 Å². The topological polar surface area (TPSA) is 40.6 Å². The van der Waals surface area contributed by atoms with Gasteiger partial charge in [0.15, 0.2) is 4.87 Å². The molecule has 2 aromatic rings. The summed E-state index contributed by atoms with van der Waals surface area (Å²) in [6.07, 6.45) is 0.318. The summed E-state index contributed by atoms with van der Waals surface area (Å²) in [5.41, 5.74) is 1.82. The molecule has 0 N–H and O–H groups in total. The van der Waals surface area contributed by atoms with Crippen molar-refractivity contribution in [1.29, 1.82) is 0 Å². The smallest absolute Gasteiger partial charge is 0.268 e. The van der Waals surface area contributed by atoms with Gasteiger partial charge in [-0.1, -0.05) is 36.7 Å². The first-order chi connectivity index (χ1) is 13.0. The number of nitrogens with zero attached hydrogens (tertiary/aromatic N) is 2. The standard InChI is InChI=1S/C20H18ClFN2O2S/c1-2-18(25)24-9-10-27-20(24)15-11-14(21)7-8-17(15)23(19(20)26)12-13-5-3-4-6-16(13)22/h3-8,11H,2,9-10,12H2,1H3/t20-/m0/s1. The number of thioether (sulfide) groups is 1. The second-order valence-corrected chi connectivity index (χ2v) is 8.26. The fourth-order valence-electron chi connectivity index (χ4n) is 3.79. The maximum atomic E-state index is 14.2. The van der Waals surface area contributed by atoms with Crippen LogP contribution in [0.5, 0.6) is 0 Å². The molecule has 0 unspecified atom stereocenters. The molecule has 4 rings (SSSR count). The zero-order valence-electron chi connectivity index (χ0n) is 14.7. The fraction of sp³-hybridized carbons (Fsp3) is 0.300. The van der Waals surface area contributed by atoms with E-state index in [2.05, 4.69) is 0 Å². The van der Waals surface area contributed by atoms with Crippen LogP contribution >= 0.6 is 23.4 Å². The lowest BCUT2D eigenvalue weighted by Gasteiger charge is -2.33. The van der Waals surface area contributed by atoms with Gasteiger partial charge in [-0.2, -0.15) is 0 Å². The number of benzene rings is 2. The zero-order chi connectivity index (χ0) is 19.2. The van der Waals surface area contributed by atoms with E-state index in [-0.39, 0.29) is 24.2 Å². The van der Waals surface area contributed by atoms with Crippen LogP contribution in [0.2, 0.25) is 5.02 Å². The van der Waals surface area contributed by atoms with Gasteiger partial charge in [0, 0.05) is 34.9 Å². The quantitative estimate of drug-likeness (QED) is 0.771. The highest BCUT2D eigenvalue weighted by Gasteiger charge is 2.59. The van der Waals surface area contributed by atoms with Gasteiger partial charge in [-0.15, -0.1) is 11.8 Å². The Morgan fingerprint density at radius 3 is 2.81 bits per heavy atom. The number of amides is 2. The maximum absolute atomic E-state index is 14.2. The Labute approximate surface area is 166 Å². The number of rotatable bonds is 3. The molecule has 0 saturated carbocycles. The van der Waals surface area contributed by atoms with Gasteiger partial charge < -0.3 is 9.80 Å². The summed E-state index contributed by atoms with van der Waals surface area (Å²) in [5, 5.41) is 0.505. The molecule has 2 aliphatic rings. The molecule has 0 radical (unpaired) electrons. The lowest BCUT2D eigenvalue weighted by atomic mass is 10.1. The first-order valence-corrected chi connectivity index (χ1v) is 10.1. The summed E-state index contributed by atoms with van der Waals surface area (Å²) in [6, 6.07) is 11.7. The molecule has 1 atom stereocenters. The van der Waals surface area contributed by atoms with Crippen LogP contribution in [0.4, 0.5) is 10.1 Å². The van der Waals surface area contributed by atoms with E-state index in [1.165, 1.54) is 17.8 Å². The summed E-state index contributed by atoms with van der Waals surface area (Å²) in [5.74, 6) is 0.0124. The molecule has 27 heavy (non-hydrogen) atoms. The molecule has 7 heteroatoms. The fourth-order valence-corrected chi connectivity index (χ4v) is 5.43. The number of halogens is 2. The van der Waals surface area contributed by atoms with Crippen LogP contribution in [-0.4, -0.2) is 29.0 Å². The number of hydrogen-bond donors (Lipinski definition) is 0. The molecular weight excluding hydrogens is 387 g/mol. The van der Waals surface area contributed by atoms with Crippen LogP contribution in [0.3, 0.4) is 0 Å². The average molecular weight is 405 g/mol. The van der Waals surface area contributed by atoms with Crippen molar-refractivity contribution in [1.82, 2.24) is 4.90 Å². The third-order valence-electron chi connectivity index (χ3n) is 5.05. The second-order valence-electron chi connectivity index (χ2n) is 6.54. The molecule has 2 heterocycles. The third-order valence-corrected chi connectivity index (χ3v) is 6.70. The number of hydrogen-bond acceptors (Lipinski definition) is 3. The Balaban J connectivity index is 1.84. The summed E-state index contributed by atoms with van der Waals surface area (Å²) in [4.78, 5) is 28.3. The van der Waals surface area contributed by atoms with Crippen LogP contribution in [0, 0.1) is 5.82 Å². The SMILES string of the molecule is CCC(=O)N1CCS[C@@]12C(=O)N(Cc1ccccc1F)c1ccc(Cl)cc12. The molecule has 2 amide bonds. The van der Waals surface area contributed by atoms with Gasteiger partial charge in [0.05, 0.1) is 12.2 Å². The van der Waals surface area contributed by atoms with Crippen molar-refractivity contribution in [3.05, 3.63) is 64.4 Å². The Kier molecular flexibility index (Phi) is 4.64. The minimum Gasteiger partial charge on any atom is -0.315 e. The van der Waals surface area contributed by atoms with Gasteiger partial charge in [0.25, 0.3) is 5.91 Å². The second kappa shape index (κ2) is 6.84. The van der Waals surface area contributed by atoms with Crippen molar-refractivity contribution in [3.63, 3.8) is 0 Å². The van der Waals surface area contributed by atoms with Gasteiger partial charge in [-0.25, -0.2) is 4.39 Å². The van der Waals surface area contributed by atoms with Gasteiger partial charge in [-0.05, 0) is 24.3 Å². The van der Waals surface area contributed by atoms with E-state index in [1.54, 1.807) is 53.1 Å². The van der Waals surface area contributed by atoms with E-state index in [1.807, 2.05) is 0 Å². The number of carbonyl (C=O) groups excluding carboxylic acids is 2. The normalized spacial score (nSPS) is 21.2. The number of fused-ring (bicyclic) bond motifs is 2. The average Bonchev–Trinajstić information content (AvgIpc) is 3.20. The van der Waals surface area contributed by atoms with E-state index >= 15 is 0 Å². The molecule has 4 nitrogen and oxygen atoms in total. The van der Waals surface area contributed by atoms with Crippen molar-refractivity contribution < 1.29 is 14.0 Å². The zero-order valence-corrected chi connectivity index (χ0v) is 16.3. The van der Waals surface area contributed by atoms with E-state index < -0.39 is 4.87 Å². The molecule has 1 spiro atoms. The summed E-state index contributed by atoms with van der Waals surface area (Å²) < 4.78 is 14.2. The summed E-state index contributed by atoms with van der Waals surface area (Å²) >= 11 is 7.67. The van der Waals surface area contributed by atoms with Crippen molar-refractivity contribution >= 4 is 40.9 Å². The molecule has 0 aliphatic carbocycles. The number of anilines is 1. The van der Waals surface area contributed by atoms with Gasteiger partial charge >= 0.3 is 0 Å². The van der Waals surface area contributed by atoms with E-state index in [4.69, 9.17) is 11.6 Å². The molecule has 0 aromatic heterocycles. The minimum atomic E-state index is -1.11. The first-order valence-electron chi connectivity index (χ1n) is 8.79. The lowest BCUT2D eigenvalue weighted by Crippen LogP contribution is -2.50. The lowest BCUT2D eigenvalue weighted by molar-refractivity contribution is -0.139. The highest BCUT2D eigenvalue weighted by atomic mass is 35.5. The van der Waals surface area contributed by atoms with E-state index in [9.17, 15) is 14.0 Å². The summed E-state index contributed by atoms with van der Waals surface area (Å²) in [6.45, 7) is 2.40. The van der Waals surface area contributed by atoms with Crippen molar-refractivity contribution in [3.8, 4) is 0 Å². The van der Waals surface area contributed by atoms with Gasteiger partial charge in [-0.3, -0.25) is 9.59 Å². The van der Waals surface area contributed by atoms with Crippen LogP contribution in [-0.2, 0) is 21.0 Å². The van der Waals surface area contributed by atoms with Crippen LogP contribution < -0.4 is 4.90 Å². The summed E-state index contributed by atoms with van der Waals surface area (Å²) in [7, 11) is 0. The van der Waals surface area contributed by atoms with Crippen LogP contribution in [0.15, 0.2) is 42.5 Å². The van der Waals surface area contributed by atoms with Crippen LogP contribution in [0.25, 0.3) is 0 Å². The predicted molar refractivity (Wildman–Crippen MR) is 105 cm³/mol. The highest BCUT2D eigenvalue weighted by Crippen LogP contribution is 2.55. The van der Waals surface area contributed by atoms with E-state index in [0.29, 0.717) is 40.6 Å². The van der Waals surface area contributed by atoms with Crippen molar-refractivity contribution in [2.75, 3.05) is 17.2 Å². The Morgan fingerprint density at radius 2 is 2.07 bits per heavy atom. The molecule has 0 bridgehead atoms. The van der Waals surface area contributed by atoms with Crippen molar-refractivity contribution in [2.24, 2.45) is 0 Å². The minimum absolute atomic E-state index is 0.0768. The maximum Gasteiger partial charge on any atom is 0.268 e. The first kappa shape index (κ1) is 18.3. The highest BCUT2D eigenvalue weighted by molar-refractivity contribution is 8.01. The Hall–Kier alpha value is -2.05. The molecule has 1 fully saturated rings. The molecule has 2 aromatic carbocycles. The van der Waals surface area contributed by atoms with E-state index in [0.717, 1.165) is 0 Å². The van der Waals surface area contributed by atoms with Crippen molar-refractivity contribution in [2.45, 2.75) is 24.8 Å². The molecule has 1 saturated heterocycles. The molecular formula is C20H18ClFN2O2S. The van der Waals surface area contributed by atoms with Gasteiger partial charge in [0.1, 0.15) is 5.82 Å². The monoisotopic (exact) mass is 404 g/mol. The molecule has 2 aliphatic heterocycles. The third kappa shape index (κ3) is 2.74. The predicted octanol–water partition coefficient (Wildman–Crippen LogP) is 4.16.